The van der Waals surface area contributed by atoms with E-state index in [1.165, 1.54) is 12.8 Å². The summed E-state index contributed by atoms with van der Waals surface area (Å²) < 4.78 is 10.5. The standard InChI is InChI=1S/C12H25NO3/c1-15-8-4-9-16-10-7-13-6-3-2-5-12(13)11-14/h12,14H,2-11H2,1H3. The molecule has 4 nitrogen and oxygen atoms in total. The summed E-state index contributed by atoms with van der Waals surface area (Å²) in [5.41, 5.74) is 0. The second-order valence-electron chi connectivity index (χ2n) is 4.33. The molecular formula is C12H25NO3. The van der Waals surface area contributed by atoms with Crippen LogP contribution < -0.4 is 0 Å². The van der Waals surface area contributed by atoms with Crippen LogP contribution >= 0.6 is 0 Å². The SMILES string of the molecule is COCCCOCCN1CCCCC1CO. The maximum atomic E-state index is 9.24. The van der Waals surface area contributed by atoms with Gasteiger partial charge < -0.3 is 14.6 Å². The average molecular weight is 231 g/mol. The fourth-order valence-corrected chi connectivity index (χ4v) is 2.15. The molecule has 1 aliphatic rings. The first-order valence-corrected chi connectivity index (χ1v) is 6.30. The van der Waals surface area contributed by atoms with Gasteiger partial charge in [0.15, 0.2) is 0 Å². The minimum Gasteiger partial charge on any atom is -0.395 e. The number of likely N-dealkylation sites (tertiary alicyclic amines) is 1. The number of methoxy groups -OCH3 is 1. The molecule has 1 unspecified atom stereocenters. The molecule has 0 aromatic carbocycles. The first kappa shape index (κ1) is 13.9. The summed E-state index contributed by atoms with van der Waals surface area (Å²) >= 11 is 0. The molecule has 0 spiro atoms. The van der Waals surface area contributed by atoms with E-state index < -0.39 is 0 Å². The van der Waals surface area contributed by atoms with Gasteiger partial charge >= 0.3 is 0 Å². The fraction of sp³-hybridized carbons (Fsp3) is 1.00. The maximum absolute atomic E-state index is 9.24. The van der Waals surface area contributed by atoms with Crippen molar-refractivity contribution in [3.05, 3.63) is 0 Å². The van der Waals surface area contributed by atoms with Crippen LogP contribution in [0.1, 0.15) is 25.7 Å². The summed E-state index contributed by atoms with van der Waals surface area (Å²) in [6.07, 6.45) is 4.58. The molecule has 0 aromatic rings. The highest BCUT2D eigenvalue weighted by atomic mass is 16.5. The lowest BCUT2D eigenvalue weighted by molar-refractivity contribution is 0.0433. The van der Waals surface area contributed by atoms with Crippen molar-refractivity contribution in [2.24, 2.45) is 0 Å². The number of ether oxygens (including phenoxy) is 2. The van der Waals surface area contributed by atoms with Crippen molar-refractivity contribution >= 4 is 0 Å². The van der Waals surface area contributed by atoms with E-state index in [2.05, 4.69) is 4.90 Å². The van der Waals surface area contributed by atoms with Gasteiger partial charge in [0, 0.05) is 32.9 Å². The van der Waals surface area contributed by atoms with Crippen LogP contribution in [0, 0.1) is 0 Å². The van der Waals surface area contributed by atoms with Crippen LogP contribution in [0.3, 0.4) is 0 Å². The molecule has 1 aliphatic heterocycles. The van der Waals surface area contributed by atoms with Gasteiger partial charge in [0.2, 0.25) is 0 Å². The highest BCUT2D eigenvalue weighted by Gasteiger charge is 2.20. The van der Waals surface area contributed by atoms with E-state index in [0.717, 1.165) is 45.8 Å². The average Bonchev–Trinajstić information content (AvgIpc) is 2.34. The molecule has 1 heterocycles. The summed E-state index contributed by atoms with van der Waals surface area (Å²) in [5.74, 6) is 0. The highest BCUT2D eigenvalue weighted by Crippen LogP contribution is 2.15. The number of aliphatic hydroxyl groups is 1. The lowest BCUT2D eigenvalue weighted by atomic mass is 10.0. The third-order valence-corrected chi connectivity index (χ3v) is 3.12. The summed E-state index contributed by atoms with van der Waals surface area (Å²) in [6, 6.07) is 0.358. The Morgan fingerprint density at radius 1 is 1.25 bits per heavy atom. The number of nitrogens with zero attached hydrogens (tertiary/aromatic N) is 1. The molecule has 4 heteroatoms. The molecule has 1 atom stereocenters. The zero-order valence-electron chi connectivity index (χ0n) is 10.4. The first-order valence-electron chi connectivity index (χ1n) is 6.30. The minimum absolute atomic E-state index is 0.281. The number of piperidine rings is 1. The van der Waals surface area contributed by atoms with Gasteiger partial charge in [0.05, 0.1) is 13.2 Å². The Labute approximate surface area is 98.5 Å². The summed E-state index contributed by atoms with van der Waals surface area (Å²) in [6.45, 7) is 4.63. The van der Waals surface area contributed by atoms with Gasteiger partial charge in [0.1, 0.15) is 0 Å². The van der Waals surface area contributed by atoms with Crippen LogP contribution in [0.4, 0.5) is 0 Å². The van der Waals surface area contributed by atoms with Crippen LogP contribution in [-0.2, 0) is 9.47 Å². The summed E-state index contributed by atoms with van der Waals surface area (Å²) in [5, 5.41) is 9.24. The maximum Gasteiger partial charge on any atom is 0.0593 e. The van der Waals surface area contributed by atoms with Crippen LogP contribution in [-0.4, -0.2) is 62.7 Å². The second kappa shape index (κ2) is 8.93. The Kier molecular flexibility index (Phi) is 7.76. The van der Waals surface area contributed by atoms with Crippen molar-refractivity contribution in [1.82, 2.24) is 4.90 Å². The van der Waals surface area contributed by atoms with Gasteiger partial charge in [-0.1, -0.05) is 6.42 Å². The topological polar surface area (TPSA) is 41.9 Å². The molecule has 1 fully saturated rings. The molecule has 1 rings (SSSR count). The van der Waals surface area contributed by atoms with Gasteiger partial charge in [-0.3, -0.25) is 4.90 Å². The molecule has 1 saturated heterocycles. The predicted octanol–water partition coefficient (Wildman–Crippen LogP) is 0.886. The smallest absolute Gasteiger partial charge is 0.0593 e. The van der Waals surface area contributed by atoms with Crippen molar-refractivity contribution < 1.29 is 14.6 Å². The monoisotopic (exact) mass is 231 g/mol. The molecule has 96 valence electrons. The Hall–Kier alpha value is -0.160. The number of aliphatic hydroxyl groups excluding tert-OH is 1. The Bertz CT molecular complexity index is 166. The molecule has 0 bridgehead atoms. The molecule has 0 radical (unpaired) electrons. The third kappa shape index (κ3) is 5.25. The number of rotatable bonds is 8. The van der Waals surface area contributed by atoms with Gasteiger partial charge in [-0.25, -0.2) is 0 Å². The normalized spacial score (nSPS) is 22.5. The molecule has 1 N–H and O–H groups in total. The third-order valence-electron chi connectivity index (χ3n) is 3.12. The van der Waals surface area contributed by atoms with E-state index in [9.17, 15) is 5.11 Å². The van der Waals surface area contributed by atoms with E-state index in [4.69, 9.17) is 9.47 Å². The number of hydrogen-bond acceptors (Lipinski definition) is 4. The van der Waals surface area contributed by atoms with Crippen molar-refractivity contribution in [1.29, 1.82) is 0 Å². The lowest BCUT2D eigenvalue weighted by Gasteiger charge is -2.34. The zero-order chi connectivity index (χ0) is 11.6. The minimum atomic E-state index is 0.281. The molecule has 0 amide bonds. The lowest BCUT2D eigenvalue weighted by Crippen LogP contribution is -2.43. The van der Waals surface area contributed by atoms with E-state index >= 15 is 0 Å². The van der Waals surface area contributed by atoms with Crippen molar-refractivity contribution in [3.8, 4) is 0 Å². The molecule has 0 aliphatic carbocycles. The zero-order valence-corrected chi connectivity index (χ0v) is 10.4. The van der Waals surface area contributed by atoms with Crippen molar-refractivity contribution in [2.75, 3.05) is 46.6 Å². The fourth-order valence-electron chi connectivity index (χ4n) is 2.15. The first-order chi connectivity index (χ1) is 7.88. The molecular weight excluding hydrogens is 206 g/mol. The largest absolute Gasteiger partial charge is 0.395 e. The van der Waals surface area contributed by atoms with Gasteiger partial charge in [0.25, 0.3) is 0 Å². The van der Waals surface area contributed by atoms with E-state index in [1.54, 1.807) is 7.11 Å². The molecule has 16 heavy (non-hydrogen) atoms. The van der Waals surface area contributed by atoms with Crippen LogP contribution in [0.5, 0.6) is 0 Å². The van der Waals surface area contributed by atoms with Crippen molar-refractivity contribution in [2.45, 2.75) is 31.7 Å². The van der Waals surface area contributed by atoms with E-state index in [0.29, 0.717) is 6.04 Å². The molecule has 0 aromatic heterocycles. The summed E-state index contributed by atoms with van der Waals surface area (Å²) in [7, 11) is 1.71. The van der Waals surface area contributed by atoms with Crippen molar-refractivity contribution in [3.63, 3.8) is 0 Å². The van der Waals surface area contributed by atoms with E-state index in [-0.39, 0.29) is 6.61 Å². The van der Waals surface area contributed by atoms with Gasteiger partial charge in [-0.15, -0.1) is 0 Å². The van der Waals surface area contributed by atoms with Crippen LogP contribution in [0.2, 0.25) is 0 Å². The van der Waals surface area contributed by atoms with Crippen LogP contribution in [0.15, 0.2) is 0 Å². The highest BCUT2D eigenvalue weighted by molar-refractivity contribution is 4.75. The molecule has 0 saturated carbocycles. The van der Waals surface area contributed by atoms with E-state index in [1.807, 2.05) is 0 Å². The van der Waals surface area contributed by atoms with Gasteiger partial charge in [-0.05, 0) is 25.8 Å². The van der Waals surface area contributed by atoms with Crippen LogP contribution in [0.25, 0.3) is 0 Å². The summed E-state index contributed by atoms with van der Waals surface area (Å²) in [4.78, 5) is 2.35. The van der Waals surface area contributed by atoms with Gasteiger partial charge in [-0.2, -0.15) is 0 Å². The predicted molar refractivity (Wildman–Crippen MR) is 63.6 cm³/mol. The second-order valence-corrected chi connectivity index (χ2v) is 4.33. The quantitative estimate of drug-likeness (QED) is 0.630. The Balaban J connectivity index is 2.02. The number of hydrogen-bond donors (Lipinski definition) is 1. The Morgan fingerprint density at radius 2 is 2.12 bits per heavy atom. The Morgan fingerprint density at radius 3 is 2.88 bits per heavy atom.